The number of benzene rings is 1. The second-order valence-electron chi connectivity index (χ2n) is 6.63. The lowest BCUT2D eigenvalue weighted by molar-refractivity contribution is -0.125. The first-order chi connectivity index (χ1) is 11.7. The van der Waals surface area contributed by atoms with Crippen molar-refractivity contribution in [3.8, 4) is 0 Å². The van der Waals surface area contributed by atoms with Gasteiger partial charge in [-0.3, -0.25) is 9.69 Å². The first kappa shape index (κ1) is 17.3. The predicted molar refractivity (Wildman–Crippen MR) is 90.1 cm³/mol. The number of halogens is 1. The molecule has 1 spiro atoms. The van der Waals surface area contributed by atoms with E-state index in [-0.39, 0.29) is 23.8 Å². The minimum Gasteiger partial charge on any atom is -0.381 e. The molecule has 132 valence electrons. The van der Waals surface area contributed by atoms with E-state index < -0.39 is 0 Å². The van der Waals surface area contributed by atoms with E-state index in [1.54, 1.807) is 18.2 Å². The molecule has 1 amide bonds. The summed E-state index contributed by atoms with van der Waals surface area (Å²) in [4.78, 5) is 14.7. The van der Waals surface area contributed by atoms with Crippen LogP contribution < -0.4 is 10.6 Å². The van der Waals surface area contributed by atoms with Gasteiger partial charge >= 0.3 is 0 Å². The summed E-state index contributed by atoms with van der Waals surface area (Å²) in [5.41, 5.74) is 0.570. The highest BCUT2D eigenvalue weighted by Crippen LogP contribution is 2.31. The van der Waals surface area contributed by atoms with Crippen LogP contribution >= 0.6 is 0 Å². The zero-order chi connectivity index (χ0) is 16.8. The second kappa shape index (κ2) is 8.05. The molecule has 2 aliphatic rings. The highest BCUT2D eigenvalue weighted by molar-refractivity contribution is 5.78. The van der Waals surface area contributed by atoms with Gasteiger partial charge in [-0.25, -0.2) is 4.39 Å². The van der Waals surface area contributed by atoms with Crippen molar-refractivity contribution in [2.45, 2.75) is 31.3 Å². The van der Waals surface area contributed by atoms with Crippen LogP contribution in [0.3, 0.4) is 0 Å². The molecule has 2 heterocycles. The van der Waals surface area contributed by atoms with Crippen LogP contribution in [0.2, 0.25) is 0 Å². The van der Waals surface area contributed by atoms with E-state index in [0.29, 0.717) is 12.1 Å². The van der Waals surface area contributed by atoms with Crippen LogP contribution in [0.5, 0.6) is 0 Å². The zero-order valence-corrected chi connectivity index (χ0v) is 14.0. The van der Waals surface area contributed by atoms with Crippen LogP contribution in [-0.4, -0.2) is 55.7 Å². The van der Waals surface area contributed by atoms with E-state index in [0.717, 1.165) is 52.1 Å². The van der Waals surface area contributed by atoms with Crippen LogP contribution in [0, 0.1) is 5.82 Å². The molecule has 1 aromatic carbocycles. The molecule has 0 unspecified atom stereocenters. The highest BCUT2D eigenvalue weighted by Gasteiger charge is 2.39. The van der Waals surface area contributed by atoms with Gasteiger partial charge < -0.3 is 15.4 Å². The fourth-order valence-corrected chi connectivity index (χ4v) is 3.68. The molecular weight excluding hydrogens is 309 g/mol. The maximum Gasteiger partial charge on any atom is 0.234 e. The molecule has 6 heteroatoms. The minimum absolute atomic E-state index is 0.0500. The van der Waals surface area contributed by atoms with Crippen molar-refractivity contribution < 1.29 is 13.9 Å². The summed E-state index contributed by atoms with van der Waals surface area (Å²) in [6, 6.07) is 6.55. The van der Waals surface area contributed by atoms with Gasteiger partial charge in [0.15, 0.2) is 0 Å². The summed E-state index contributed by atoms with van der Waals surface area (Å²) in [5.74, 6) is -0.330. The topological polar surface area (TPSA) is 53.6 Å². The van der Waals surface area contributed by atoms with E-state index in [9.17, 15) is 9.18 Å². The van der Waals surface area contributed by atoms with E-state index in [1.165, 1.54) is 6.07 Å². The lowest BCUT2D eigenvalue weighted by Crippen LogP contribution is -2.55. The van der Waals surface area contributed by atoms with Gasteiger partial charge in [0.2, 0.25) is 5.91 Å². The molecule has 0 radical (unpaired) electrons. The molecule has 2 N–H and O–H groups in total. The monoisotopic (exact) mass is 335 g/mol. The molecule has 3 rings (SSSR count). The van der Waals surface area contributed by atoms with Crippen LogP contribution in [0.4, 0.5) is 4.39 Å². The Labute approximate surface area is 142 Å². The summed E-state index contributed by atoms with van der Waals surface area (Å²) in [6.45, 7) is 4.83. The number of amides is 1. The van der Waals surface area contributed by atoms with Crippen LogP contribution in [0.15, 0.2) is 24.3 Å². The molecule has 0 bridgehead atoms. The Morgan fingerprint density at radius 2 is 2.04 bits per heavy atom. The lowest BCUT2D eigenvalue weighted by atomic mass is 9.85. The van der Waals surface area contributed by atoms with Crippen LogP contribution in [0.25, 0.3) is 0 Å². The number of hydrogen-bond donors (Lipinski definition) is 2. The zero-order valence-electron chi connectivity index (χ0n) is 14.0. The SMILES string of the molecule is O=C(CN1CCNCCC12CCOCC2)NCc1ccccc1F. The molecule has 0 saturated carbocycles. The molecule has 0 aliphatic carbocycles. The third-order valence-corrected chi connectivity index (χ3v) is 5.19. The third kappa shape index (κ3) is 4.12. The Bertz CT molecular complexity index is 561. The predicted octanol–water partition coefficient (Wildman–Crippen LogP) is 1.29. The average Bonchev–Trinajstić information content (AvgIpc) is 2.78. The number of nitrogens with zero attached hydrogens (tertiary/aromatic N) is 1. The quantitative estimate of drug-likeness (QED) is 0.871. The Hall–Kier alpha value is -1.50. The maximum absolute atomic E-state index is 13.7. The van der Waals surface area contributed by atoms with Crippen molar-refractivity contribution in [2.75, 3.05) is 39.4 Å². The molecule has 2 saturated heterocycles. The van der Waals surface area contributed by atoms with Gasteiger partial charge in [-0.2, -0.15) is 0 Å². The van der Waals surface area contributed by atoms with Gasteiger partial charge in [0, 0.05) is 44.0 Å². The summed E-state index contributed by atoms with van der Waals surface area (Å²) in [6.07, 6.45) is 2.97. The van der Waals surface area contributed by atoms with Gasteiger partial charge in [-0.1, -0.05) is 18.2 Å². The van der Waals surface area contributed by atoms with Crippen molar-refractivity contribution in [2.24, 2.45) is 0 Å². The van der Waals surface area contributed by atoms with E-state index in [1.807, 2.05) is 0 Å². The number of carbonyl (C=O) groups excluding carboxylic acids is 1. The first-order valence-corrected chi connectivity index (χ1v) is 8.73. The molecule has 0 aromatic heterocycles. The molecular formula is C18H26FN3O2. The Balaban J connectivity index is 1.59. The lowest BCUT2D eigenvalue weighted by Gasteiger charge is -2.45. The average molecular weight is 335 g/mol. The molecule has 5 nitrogen and oxygen atoms in total. The van der Waals surface area contributed by atoms with Crippen molar-refractivity contribution in [3.63, 3.8) is 0 Å². The molecule has 24 heavy (non-hydrogen) atoms. The fraction of sp³-hybridized carbons (Fsp3) is 0.611. The van der Waals surface area contributed by atoms with Gasteiger partial charge in [-0.05, 0) is 31.9 Å². The summed E-state index contributed by atoms with van der Waals surface area (Å²) >= 11 is 0. The molecule has 1 aromatic rings. The van der Waals surface area contributed by atoms with Crippen molar-refractivity contribution >= 4 is 5.91 Å². The summed E-state index contributed by atoms with van der Waals surface area (Å²) in [5, 5.41) is 6.28. The number of ether oxygens (including phenoxy) is 1. The number of nitrogens with one attached hydrogen (secondary N) is 2. The number of hydrogen-bond acceptors (Lipinski definition) is 4. The third-order valence-electron chi connectivity index (χ3n) is 5.19. The van der Waals surface area contributed by atoms with E-state index >= 15 is 0 Å². The first-order valence-electron chi connectivity index (χ1n) is 8.73. The molecule has 2 aliphatic heterocycles. The van der Waals surface area contributed by atoms with Crippen molar-refractivity contribution in [3.05, 3.63) is 35.6 Å². The van der Waals surface area contributed by atoms with Crippen LogP contribution in [0.1, 0.15) is 24.8 Å². The normalized spacial score (nSPS) is 21.4. The number of carbonyl (C=O) groups is 1. The molecule has 2 fully saturated rings. The largest absolute Gasteiger partial charge is 0.381 e. The maximum atomic E-state index is 13.7. The Kier molecular flexibility index (Phi) is 5.81. The van der Waals surface area contributed by atoms with Gasteiger partial charge in [0.05, 0.1) is 6.54 Å². The highest BCUT2D eigenvalue weighted by atomic mass is 19.1. The Morgan fingerprint density at radius 1 is 1.25 bits per heavy atom. The van der Waals surface area contributed by atoms with Gasteiger partial charge in [0.25, 0.3) is 0 Å². The summed E-state index contributed by atoms with van der Waals surface area (Å²) in [7, 11) is 0. The minimum atomic E-state index is -0.280. The number of rotatable bonds is 4. The van der Waals surface area contributed by atoms with Gasteiger partial charge in [0.1, 0.15) is 5.82 Å². The fourth-order valence-electron chi connectivity index (χ4n) is 3.68. The van der Waals surface area contributed by atoms with E-state index in [4.69, 9.17) is 4.74 Å². The smallest absolute Gasteiger partial charge is 0.234 e. The van der Waals surface area contributed by atoms with Crippen molar-refractivity contribution in [1.29, 1.82) is 0 Å². The second-order valence-corrected chi connectivity index (χ2v) is 6.63. The Morgan fingerprint density at radius 3 is 2.83 bits per heavy atom. The van der Waals surface area contributed by atoms with Crippen molar-refractivity contribution in [1.82, 2.24) is 15.5 Å². The standard InChI is InChI=1S/C18H26FN3O2/c19-16-4-2-1-3-15(16)13-21-17(23)14-22-10-9-20-8-5-18(22)6-11-24-12-7-18/h1-4,20H,5-14H2,(H,21,23). The van der Waals surface area contributed by atoms with Gasteiger partial charge in [-0.15, -0.1) is 0 Å². The summed E-state index contributed by atoms with van der Waals surface area (Å²) < 4.78 is 19.2. The van der Waals surface area contributed by atoms with Crippen LogP contribution in [-0.2, 0) is 16.1 Å². The molecule has 0 atom stereocenters. The van der Waals surface area contributed by atoms with E-state index in [2.05, 4.69) is 15.5 Å².